The lowest BCUT2D eigenvalue weighted by Crippen LogP contribution is -2.31. The number of amides is 1. The second kappa shape index (κ2) is 9.85. The first-order chi connectivity index (χ1) is 17.9. The van der Waals surface area contributed by atoms with Gasteiger partial charge in [0.25, 0.3) is 11.7 Å². The summed E-state index contributed by atoms with van der Waals surface area (Å²) in [5, 5.41) is 12.4. The number of methoxy groups -OCH3 is 2. The smallest absolute Gasteiger partial charge is 0.295 e. The summed E-state index contributed by atoms with van der Waals surface area (Å²) >= 11 is 0. The Labute approximate surface area is 214 Å². The van der Waals surface area contributed by atoms with Gasteiger partial charge in [-0.3, -0.25) is 9.59 Å². The Balaban J connectivity index is 1.63. The average Bonchev–Trinajstić information content (AvgIpc) is 3.45. The number of H-pyrrole nitrogens is 1. The number of aliphatic hydroxyl groups is 1. The van der Waals surface area contributed by atoms with Crippen LogP contribution in [0, 0.1) is 6.92 Å². The number of likely N-dealkylation sites (tertiary alicyclic amines) is 1. The molecule has 0 radical (unpaired) electrons. The summed E-state index contributed by atoms with van der Waals surface area (Å²) in [5.74, 6) is -0.578. The van der Waals surface area contributed by atoms with Gasteiger partial charge >= 0.3 is 0 Å². The van der Waals surface area contributed by atoms with E-state index in [1.807, 2.05) is 49.5 Å². The van der Waals surface area contributed by atoms with Gasteiger partial charge in [0.2, 0.25) is 0 Å². The molecule has 3 aromatic carbocycles. The van der Waals surface area contributed by atoms with Gasteiger partial charge in [-0.15, -0.1) is 0 Å². The van der Waals surface area contributed by atoms with Crippen molar-refractivity contribution in [2.24, 2.45) is 0 Å². The summed E-state index contributed by atoms with van der Waals surface area (Å²) in [6, 6.07) is 19.5. The fourth-order valence-corrected chi connectivity index (χ4v) is 4.93. The molecule has 188 valence electrons. The van der Waals surface area contributed by atoms with E-state index < -0.39 is 17.7 Å². The van der Waals surface area contributed by atoms with Crippen molar-refractivity contribution in [1.29, 1.82) is 0 Å². The number of ketones is 1. The molecule has 2 heterocycles. The summed E-state index contributed by atoms with van der Waals surface area (Å²) in [5.41, 5.74) is 4.11. The van der Waals surface area contributed by atoms with Crippen molar-refractivity contribution in [2.45, 2.75) is 19.4 Å². The summed E-state index contributed by atoms with van der Waals surface area (Å²) in [6.07, 6.45) is 2.44. The molecule has 7 heteroatoms. The number of Topliss-reactive ketones (excluding diaryl/α,β-unsaturated/α-hetero) is 1. The second-order valence-corrected chi connectivity index (χ2v) is 9.08. The molecule has 0 saturated carbocycles. The molecule has 1 saturated heterocycles. The quantitative estimate of drug-likeness (QED) is 0.210. The highest BCUT2D eigenvalue weighted by atomic mass is 16.5. The molecule has 0 bridgehead atoms. The first kappa shape index (κ1) is 24.2. The average molecular weight is 497 g/mol. The van der Waals surface area contributed by atoms with Crippen LogP contribution in [0.4, 0.5) is 0 Å². The van der Waals surface area contributed by atoms with Gasteiger partial charge in [0.1, 0.15) is 17.3 Å². The topological polar surface area (TPSA) is 91.9 Å². The first-order valence-electron chi connectivity index (χ1n) is 12.0. The number of benzene rings is 3. The van der Waals surface area contributed by atoms with Gasteiger partial charge in [0, 0.05) is 34.8 Å². The number of hydrogen-bond donors (Lipinski definition) is 2. The van der Waals surface area contributed by atoms with Crippen LogP contribution in [0.25, 0.3) is 16.7 Å². The summed E-state index contributed by atoms with van der Waals surface area (Å²) in [4.78, 5) is 31.6. The lowest BCUT2D eigenvalue weighted by molar-refractivity contribution is -0.139. The highest BCUT2D eigenvalue weighted by Gasteiger charge is 2.47. The Hall–Kier alpha value is -4.52. The van der Waals surface area contributed by atoms with Crippen LogP contribution in [0.15, 0.2) is 78.5 Å². The van der Waals surface area contributed by atoms with Crippen LogP contribution in [-0.2, 0) is 16.0 Å². The first-order valence-corrected chi connectivity index (χ1v) is 12.0. The number of fused-ring (bicyclic) bond motifs is 1. The van der Waals surface area contributed by atoms with E-state index in [-0.39, 0.29) is 17.9 Å². The van der Waals surface area contributed by atoms with Gasteiger partial charge in [0.15, 0.2) is 0 Å². The molecule has 1 aliphatic heterocycles. The molecular weight excluding hydrogens is 468 g/mol. The van der Waals surface area contributed by atoms with Crippen molar-refractivity contribution in [2.75, 3.05) is 20.8 Å². The third-order valence-electron chi connectivity index (χ3n) is 6.89. The lowest BCUT2D eigenvalue weighted by atomic mass is 9.94. The summed E-state index contributed by atoms with van der Waals surface area (Å²) in [6.45, 7) is 2.21. The molecule has 5 rings (SSSR count). The highest BCUT2D eigenvalue weighted by molar-refractivity contribution is 6.46. The number of carbonyl (C=O) groups excluding carboxylic acids is 2. The minimum absolute atomic E-state index is 0.0272. The maximum Gasteiger partial charge on any atom is 0.295 e. The zero-order valence-electron chi connectivity index (χ0n) is 20.9. The lowest BCUT2D eigenvalue weighted by Gasteiger charge is -2.27. The molecule has 1 aromatic heterocycles. The van der Waals surface area contributed by atoms with Crippen molar-refractivity contribution in [3.8, 4) is 11.5 Å². The molecule has 0 spiro atoms. The molecule has 1 atom stereocenters. The van der Waals surface area contributed by atoms with Crippen molar-refractivity contribution in [3.63, 3.8) is 0 Å². The minimum atomic E-state index is -0.850. The van der Waals surface area contributed by atoms with Crippen LogP contribution in [-0.4, -0.2) is 47.4 Å². The largest absolute Gasteiger partial charge is 0.507 e. The minimum Gasteiger partial charge on any atom is -0.507 e. The van der Waals surface area contributed by atoms with Gasteiger partial charge in [-0.25, -0.2) is 0 Å². The summed E-state index contributed by atoms with van der Waals surface area (Å²) in [7, 11) is 3.08. The number of para-hydroxylation sites is 1. The van der Waals surface area contributed by atoms with Crippen LogP contribution >= 0.6 is 0 Å². The predicted octanol–water partition coefficient (Wildman–Crippen LogP) is 5.16. The molecular formula is C30H28N2O5. The normalized spacial score (nSPS) is 16.9. The monoisotopic (exact) mass is 496 g/mol. The molecule has 1 amide bonds. The number of aryl methyl sites for hydroxylation is 1. The Morgan fingerprint density at radius 1 is 1.00 bits per heavy atom. The number of aliphatic hydroxyl groups excluding tert-OH is 1. The second-order valence-electron chi connectivity index (χ2n) is 9.08. The zero-order valence-corrected chi connectivity index (χ0v) is 20.9. The molecule has 37 heavy (non-hydrogen) atoms. The van der Waals surface area contributed by atoms with Crippen molar-refractivity contribution >= 4 is 28.4 Å². The fraction of sp³-hybridized carbons (Fsp3) is 0.200. The number of rotatable bonds is 7. The maximum absolute atomic E-state index is 13.4. The number of nitrogens with zero attached hydrogens (tertiary/aromatic N) is 1. The van der Waals surface area contributed by atoms with E-state index >= 15 is 0 Å². The van der Waals surface area contributed by atoms with Crippen LogP contribution < -0.4 is 9.47 Å². The van der Waals surface area contributed by atoms with E-state index in [4.69, 9.17) is 9.47 Å². The van der Waals surface area contributed by atoms with E-state index in [1.54, 1.807) is 37.4 Å². The van der Waals surface area contributed by atoms with Crippen molar-refractivity contribution in [3.05, 3.63) is 101 Å². The molecule has 1 fully saturated rings. The molecule has 0 aliphatic carbocycles. The maximum atomic E-state index is 13.4. The number of hydrogen-bond acceptors (Lipinski definition) is 5. The molecule has 4 aromatic rings. The van der Waals surface area contributed by atoms with Gasteiger partial charge in [-0.05, 0) is 43.2 Å². The Bertz CT molecular complexity index is 1520. The Morgan fingerprint density at radius 3 is 2.49 bits per heavy atom. The van der Waals surface area contributed by atoms with E-state index in [1.165, 1.54) is 12.0 Å². The Morgan fingerprint density at radius 2 is 1.76 bits per heavy atom. The van der Waals surface area contributed by atoms with E-state index in [2.05, 4.69) is 4.98 Å². The summed E-state index contributed by atoms with van der Waals surface area (Å²) < 4.78 is 11.1. The predicted molar refractivity (Wildman–Crippen MR) is 142 cm³/mol. The van der Waals surface area contributed by atoms with Crippen LogP contribution in [0.3, 0.4) is 0 Å². The van der Waals surface area contributed by atoms with Crippen molar-refractivity contribution in [1.82, 2.24) is 9.88 Å². The number of aromatic amines is 1. The number of carbonyl (C=O) groups is 2. The molecule has 7 nitrogen and oxygen atoms in total. The third kappa shape index (κ3) is 4.33. The van der Waals surface area contributed by atoms with Gasteiger partial charge < -0.3 is 24.5 Å². The van der Waals surface area contributed by atoms with Crippen LogP contribution in [0.5, 0.6) is 11.5 Å². The number of nitrogens with one attached hydrogen (secondary N) is 1. The van der Waals surface area contributed by atoms with E-state index in [0.717, 1.165) is 22.0 Å². The zero-order chi connectivity index (χ0) is 26.1. The van der Waals surface area contributed by atoms with Crippen LogP contribution in [0.2, 0.25) is 0 Å². The van der Waals surface area contributed by atoms with Gasteiger partial charge in [-0.1, -0.05) is 48.0 Å². The number of ether oxygens (including phenoxy) is 2. The third-order valence-corrected chi connectivity index (χ3v) is 6.89. The molecule has 2 N–H and O–H groups in total. The standard InChI is InChI=1S/C30H28N2O5/c1-18-8-10-19(11-9-18)28(33)26-27(23-16-21(36-2)12-13-25(23)37-3)32(30(35)29(26)34)15-14-20-17-31-24-7-5-4-6-22(20)24/h4-13,16-17,27,31,33H,14-15H2,1-3H3/t27-/m1/s1. The Kier molecular flexibility index (Phi) is 6.44. The van der Waals surface area contributed by atoms with Gasteiger partial charge in [-0.2, -0.15) is 0 Å². The van der Waals surface area contributed by atoms with Gasteiger partial charge in [0.05, 0.1) is 25.8 Å². The highest BCUT2D eigenvalue weighted by Crippen LogP contribution is 2.44. The number of aromatic nitrogens is 1. The van der Waals surface area contributed by atoms with Crippen LogP contribution in [0.1, 0.15) is 28.3 Å². The fourth-order valence-electron chi connectivity index (χ4n) is 4.93. The molecule has 1 aliphatic rings. The molecule has 0 unspecified atom stereocenters. The van der Waals surface area contributed by atoms with E-state index in [0.29, 0.717) is 29.0 Å². The van der Waals surface area contributed by atoms with Crippen molar-refractivity contribution < 1.29 is 24.2 Å². The van der Waals surface area contributed by atoms with E-state index in [9.17, 15) is 14.7 Å². The SMILES string of the molecule is COc1ccc(OC)c([C@@H]2C(=C(O)c3ccc(C)cc3)C(=O)C(=O)N2CCc2c[nH]c3ccccc23)c1.